The predicted octanol–water partition coefficient (Wildman–Crippen LogP) is 3.79. The largest absolute Gasteiger partial charge is 0.395 e. The molecule has 1 aromatic heterocycles. The lowest BCUT2D eigenvalue weighted by atomic mass is 10.1. The third-order valence-corrected chi connectivity index (χ3v) is 3.96. The lowest BCUT2D eigenvalue weighted by Crippen LogP contribution is -2.36. The summed E-state index contributed by atoms with van der Waals surface area (Å²) in [5.74, 6) is -0.737. The molecule has 0 fully saturated rings. The smallest absolute Gasteiger partial charge is 0.146 e. The summed E-state index contributed by atoms with van der Waals surface area (Å²) in [7, 11) is 0. The highest BCUT2D eigenvalue weighted by molar-refractivity contribution is 6.31. The summed E-state index contributed by atoms with van der Waals surface area (Å²) in [6.07, 6.45) is 0. The van der Waals surface area contributed by atoms with Crippen molar-refractivity contribution in [3.05, 3.63) is 52.7 Å². The maximum Gasteiger partial charge on any atom is 0.146 e. The molecule has 0 saturated heterocycles. The van der Waals surface area contributed by atoms with E-state index in [1.165, 1.54) is 24.3 Å². The molecule has 0 radical (unpaired) electrons. The first-order chi connectivity index (χ1) is 10.9. The van der Waals surface area contributed by atoms with Crippen molar-refractivity contribution < 1.29 is 13.9 Å². The van der Waals surface area contributed by atoms with Gasteiger partial charge in [-0.05, 0) is 36.2 Å². The van der Waals surface area contributed by atoms with Gasteiger partial charge in [0.2, 0.25) is 0 Å². The molecule has 0 spiro atoms. The van der Waals surface area contributed by atoms with Crippen LogP contribution in [0.15, 0.2) is 30.3 Å². The number of hydrogen-bond donors (Lipinski definition) is 2. The van der Waals surface area contributed by atoms with Crippen LogP contribution in [0, 0.1) is 17.6 Å². The minimum Gasteiger partial charge on any atom is -0.395 e. The van der Waals surface area contributed by atoms with Crippen LogP contribution in [0.2, 0.25) is 5.02 Å². The summed E-state index contributed by atoms with van der Waals surface area (Å²) in [4.78, 5) is 4.28. The number of pyridine rings is 1. The molecule has 0 aliphatic rings. The number of benzene rings is 1. The topological polar surface area (TPSA) is 45.1 Å². The van der Waals surface area contributed by atoms with Crippen molar-refractivity contribution in [3.63, 3.8) is 0 Å². The van der Waals surface area contributed by atoms with E-state index in [-0.39, 0.29) is 35.8 Å². The lowest BCUT2D eigenvalue weighted by Gasteiger charge is -2.20. The van der Waals surface area contributed by atoms with E-state index in [1.54, 1.807) is 6.07 Å². The first-order valence-corrected chi connectivity index (χ1v) is 7.75. The lowest BCUT2D eigenvalue weighted by molar-refractivity contribution is 0.209. The fourth-order valence-electron chi connectivity index (χ4n) is 2.16. The van der Waals surface area contributed by atoms with E-state index in [2.05, 4.69) is 10.3 Å². The maximum atomic E-state index is 13.9. The first-order valence-electron chi connectivity index (χ1n) is 7.37. The number of rotatable bonds is 6. The molecule has 2 rings (SSSR count). The van der Waals surface area contributed by atoms with E-state index in [0.717, 1.165) is 0 Å². The fraction of sp³-hybridized carbons (Fsp3) is 0.353. The predicted molar refractivity (Wildman–Crippen MR) is 87.2 cm³/mol. The van der Waals surface area contributed by atoms with Crippen LogP contribution in [-0.4, -0.2) is 22.7 Å². The highest BCUT2D eigenvalue weighted by Crippen LogP contribution is 2.24. The third-order valence-electron chi connectivity index (χ3n) is 3.67. The van der Waals surface area contributed by atoms with Crippen LogP contribution >= 0.6 is 11.6 Å². The van der Waals surface area contributed by atoms with E-state index in [0.29, 0.717) is 11.3 Å². The van der Waals surface area contributed by atoms with Crippen molar-refractivity contribution in [1.29, 1.82) is 0 Å². The number of nitrogens with zero attached hydrogens (tertiary/aromatic N) is 1. The Morgan fingerprint density at radius 2 is 1.87 bits per heavy atom. The van der Waals surface area contributed by atoms with Crippen LogP contribution in [-0.2, 0) is 6.54 Å². The molecule has 0 aliphatic carbocycles. The molecule has 23 heavy (non-hydrogen) atoms. The van der Waals surface area contributed by atoms with Crippen molar-refractivity contribution in [2.24, 2.45) is 5.92 Å². The summed E-state index contributed by atoms with van der Waals surface area (Å²) in [5.41, 5.74) is 1.36. The van der Waals surface area contributed by atoms with Gasteiger partial charge in [-0.1, -0.05) is 25.4 Å². The molecule has 124 valence electrons. The fourth-order valence-corrected chi connectivity index (χ4v) is 2.34. The Hall–Kier alpha value is -1.56. The van der Waals surface area contributed by atoms with Crippen molar-refractivity contribution >= 4 is 11.6 Å². The van der Waals surface area contributed by atoms with Crippen LogP contribution in [0.25, 0.3) is 11.3 Å². The molecule has 0 saturated carbocycles. The molecule has 0 unspecified atom stereocenters. The molecular formula is C17H19ClF2N2O. The van der Waals surface area contributed by atoms with Gasteiger partial charge in [-0.25, -0.2) is 13.8 Å². The zero-order valence-corrected chi connectivity index (χ0v) is 13.7. The van der Waals surface area contributed by atoms with Crippen molar-refractivity contribution in [2.45, 2.75) is 26.4 Å². The first kappa shape index (κ1) is 17.8. The van der Waals surface area contributed by atoms with E-state index >= 15 is 0 Å². The van der Waals surface area contributed by atoms with E-state index in [4.69, 9.17) is 11.6 Å². The Bertz CT molecular complexity index is 680. The van der Waals surface area contributed by atoms with Gasteiger partial charge in [0.05, 0.1) is 23.0 Å². The van der Waals surface area contributed by atoms with E-state index in [9.17, 15) is 13.9 Å². The van der Waals surface area contributed by atoms with Gasteiger partial charge in [0.15, 0.2) is 0 Å². The average molecular weight is 341 g/mol. The second kappa shape index (κ2) is 7.81. The van der Waals surface area contributed by atoms with Gasteiger partial charge in [0.1, 0.15) is 11.6 Å². The monoisotopic (exact) mass is 340 g/mol. The summed E-state index contributed by atoms with van der Waals surface area (Å²) < 4.78 is 27.2. The van der Waals surface area contributed by atoms with Crippen molar-refractivity contribution in [3.8, 4) is 11.3 Å². The minimum absolute atomic E-state index is 0.00606. The van der Waals surface area contributed by atoms with Crippen molar-refractivity contribution in [1.82, 2.24) is 10.3 Å². The second-order valence-corrected chi connectivity index (χ2v) is 6.08. The summed E-state index contributed by atoms with van der Waals surface area (Å²) >= 11 is 5.77. The Labute approximate surface area is 139 Å². The maximum absolute atomic E-state index is 13.9. The molecule has 1 aromatic carbocycles. The SMILES string of the molecule is CC(C)[C@H](CO)NCc1nc(-c2ccc(F)c(Cl)c2)ccc1F. The average Bonchev–Trinajstić information content (AvgIpc) is 2.52. The minimum atomic E-state index is -0.512. The van der Waals surface area contributed by atoms with Gasteiger partial charge < -0.3 is 10.4 Å². The Balaban J connectivity index is 2.23. The summed E-state index contributed by atoms with van der Waals surface area (Å²) in [6, 6.07) is 6.96. The summed E-state index contributed by atoms with van der Waals surface area (Å²) in [5, 5.41) is 12.4. The standard InChI is InChI=1S/C17H19ClF2N2O/c1-10(2)17(9-23)21-8-16-14(20)5-6-15(22-16)11-3-4-13(19)12(18)7-11/h3-7,10,17,21,23H,8-9H2,1-2H3/t17-/m0/s1. The van der Waals surface area contributed by atoms with Crippen LogP contribution in [0.5, 0.6) is 0 Å². The molecule has 0 amide bonds. The van der Waals surface area contributed by atoms with Gasteiger partial charge in [-0.2, -0.15) is 0 Å². The molecule has 1 atom stereocenters. The number of hydrogen-bond acceptors (Lipinski definition) is 3. The number of aliphatic hydroxyl groups is 1. The molecule has 2 N–H and O–H groups in total. The number of halogens is 3. The molecule has 3 nitrogen and oxygen atoms in total. The number of aliphatic hydroxyl groups excluding tert-OH is 1. The molecule has 2 aromatic rings. The number of aromatic nitrogens is 1. The Morgan fingerprint density at radius 1 is 1.17 bits per heavy atom. The van der Waals surface area contributed by atoms with Gasteiger partial charge in [0, 0.05) is 18.2 Å². The van der Waals surface area contributed by atoms with E-state index in [1.807, 2.05) is 13.8 Å². The van der Waals surface area contributed by atoms with Crippen molar-refractivity contribution in [2.75, 3.05) is 6.61 Å². The van der Waals surface area contributed by atoms with Gasteiger partial charge in [0.25, 0.3) is 0 Å². The summed E-state index contributed by atoms with van der Waals surface area (Å²) in [6.45, 7) is 4.09. The molecule has 1 heterocycles. The van der Waals surface area contributed by atoms with Crippen LogP contribution in [0.1, 0.15) is 19.5 Å². The third kappa shape index (κ3) is 4.47. The highest BCUT2D eigenvalue weighted by atomic mass is 35.5. The van der Waals surface area contributed by atoms with Gasteiger partial charge in [-0.3, -0.25) is 0 Å². The van der Waals surface area contributed by atoms with Gasteiger partial charge >= 0.3 is 0 Å². The van der Waals surface area contributed by atoms with Crippen LogP contribution in [0.4, 0.5) is 8.78 Å². The Morgan fingerprint density at radius 3 is 2.48 bits per heavy atom. The zero-order valence-electron chi connectivity index (χ0n) is 13.0. The quantitative estimate of drug-likeness (QED) is 0.841. The molecular weight excluding hydrogens is 322 g/mol. The van der Waals surface area contributed by atoms with Crippen LogP contribution < -0.4 is 5.32 Å². The normalized spacial score (nSPS) is 12.7. The molecule has 0 aliphatic heterocycles. The van der Waals surface area contributed by atoms with E-state index < -0.39 is 11.6 Å². The van der Waals surface area contributed by atoms with Gasteiger partial charge in [-0.15, -0.1) is 0 Å². The highest BCUT2D eigenvalue weighted by Gasteiger charge is 2.14. The number of nitrogens with one attached hydrogen (secondary N) is 1. The molecule has 6 heteroatoms. The van der Waals surface area contributed by atoms with Crippen LogP contribution in [0.3, 0.4) is 0 Å². The Kier molecular flexibility index (Phi) is 6.04. The zero-order chi connectivity index (χ0) is 17.0. The second-order valence-electron chi connectivity index (χ2n) is 5.67. The molecule has 0 bridgehead atoms.